The first kappa shape index (κ1) is 13.8. The highest BCUT2D eigenvalue weighted by Gasteiger charge is 2.20. The van der Waals surface area contributed by atoms with Crippen LogP contribution < -0.4 is 10.6 Å². The summed E-state index contributed by atoms with van der Waals surface area (Å²) in [7, 11) is 0. The van der Waals surface area contributed by atoms with Gasteiger partial charge in [-0.25, -0.2) is 0 Å². The van der Waals surface area contributed by atoms with E-state index in [-0.39, 0.29) is 11.9 Å². The molecule has 2 atom stereocenters. The van der Waals surface area contributed by atoms with Crippen molar-refractivity contribution in [3.05, 3.63) is 0 Å². The smallest absolute Gasteiger partial charge is 0.237 e. The lowest BCUT2D eigenvalue weighted by atomic mass is 10.0. The van der Waals surface area contributed by atoms with Crippen molar-refractivity contribution in [1.82, 2.24) is 15.5 Å². The predicted molar refractivity (Wildman–Crippen MR) is 73.5 cm³/mol. The van der Waals surface area contributed by atoms with Crippen molar-refractivity contribution in [3.8, 4) is 0 Å². The van der Waals surface area contributed by atoms with Gasteiger partial charge < -0.3 is 15.5 Å². The number of nitrogens with zero attached hydrogens (tertiary/aromatic N) is 1. The minimum absolute atomic E-state index is 0.0547. The summed E-state index contributed by atoms with van der Waals surface area (Å²) < 4.78 is 0. The van der Waals surface area contributed by atoms with Gasteiger partial charge in [0.05, 0.1) is 6.04 Å². The van der Waals surface area contributed by atoms with Crippen LogP contribution in [0.25, 0.3) is 0 Å². The second kappa shape index (κ2) is 7.10. The average Bonchev–Trinajstić information content (AvgIpc) is 2.40. The van der Waals surface area contributed by atoms with Gasteiger partial charge in [0.25, 0.3) is 0 Å². The van der Waals surface area contributed by atoms with Gasteiger partial charge in [-0.3, -0.25) is 4.79 Å². The van der Waals surface area contributed by atoms with E-state index in [9.17, 15) is 4.79 Å². The molecule has 4 heteroatoms. The Labute approximate surface area is 110 Å². The highest BCUT2D eigenvalue weighted by Crippen LogP contribution is 2.14. The number of rotatable bonds is 4. The van der Waals surface area contributed by atoms with E-state index in [4.69, 9.17) is 0 Å². The molecule has 1 amide bonds. The normalized spacial score (nSPS) is 30.1. The molecule has 2 fully saturated rings. The monoisotopic (exact) mass is 253 g/mol. The third-order valence-corrected chi connectivity index (χ3v) is 4.10. The Morgan fingerprint density at radius 3 is 2.94 bits per heavy atom. The van der Waals surface area contributed by atoms with Crippen molar-refractivity contribution < 1.29 is 4.79 Å². The standard InChI is InChI=1S/C14H27N3O/c1-12-5-4-9-17(11-12)10-8-16-14(18)13-6-2-3-7-15-13/h12-13,15H,2-11H2,1H3,(H,16,18)/t12?,13-/m1/s1. The molecule has 104 valence electrons. The Kier molecular flexibility index (Phi) is 5.45. The molecule has 0 aromatic heterocycles. The van der Waals surface area contributed by atoms with Crippen LogP contribution in [0.1, 0.15) is 39.0 Å². The topological polar surface area (TPSA) is 44.4 Å². The lowest BCUT2D eigenvalue weighted by Crippen LogP contribution is -2.48. The van der Waals surface area contributed by atoms with E-state index in [2.05, 4.69) is 22.5 Å². The summed E-state index contributed by atoms with van der Waals surface area (Å²) in [6.45, 7) is 7.49. The molecule has 2 saturated heterocycles. The summed E-state index contributed by atoms with van der Waals surface area (Å²) in [4.78, 5) is 14.4. The van der Waals surface area contributed by atoms with E-state index in [0.29, 0.717) is 0 Å². The van der Waals surface area contributed by atoms with Crippen LogP contribution in [-0.2, 0) is 4.79 Å². The molecule has 0 bridgehead atoms. The van der Waals surface area contributed by atoms with Crippen LogP contribution in [0.15, 0.2) is 0 Å². The van der Waals surface area contributed by atoms with Crippen molar-refractivity contribution >= 4 is 5.91 Å². The zero-order chi connectivity index (χ0) is 12.8. The summed E-state index contributed by atoms with van der Waals surface area (Å²) in [5, 5.41) is 6.36. The minimum Gasteiger partial charge on any atom is -0.353 e. The first-order valence-electron chi connectivity index (χ1n) is 7.49. The summed E-state index contributed by atoms with van der Waals surface area (Å²) in [5.74, 6) is 1.01. The van der Waals surface area contributed by atoms with E-state index in [0.717, 1.165) is 32.0 Å². The number of amides is 1. The number of nitrogens with one attached hydrogen (secondary N) is 2. The van der Waals surface area contributed by atoms with Gasteiger partial charge in [-0.15, -0.1) is 0 Å². The molecule has 2 aliphatic heterocycles. The number of carbonyl (C=O) groups is 1. The second-order valence-electron chi connectivity index (χ2n) is 5.84. The maximum absolute atomic E-state index is 11.9. The Hall–Kier alpha value is -0.610. The SMILES string of the molecule is CC1CCCN(CCNC(=O)[C@H]2CCCCN2)C1. The first-order valence-corrected chi connectivity index (χ1v) is 7.49. The largest absolute Gasteiger partial charge is 0.353 e. The molecular formula is C14H27N3O. The van der Waals surface area contributed by atoms with Crippen LogP contribution >= 0.6 is 0 Å². The van der Waals surface area contributed by atoms with Gasteiger partial charge in [-0.1, -0.05) is 13.3 Å². The van der Waals surface area contributed by atoms with Crippen molar-refractivity contribution in [1.29, 1.82) is 0 Å². The van der Waals surface area contributed by atoms with Gasteiger partial charge in [0, 0.05) is 19.6 Å². The maximum Gasteiger partial charge on any atom is 0.237 e. The molecular weight excluding hydrogens is 226 g/mol. The molecule has 0 spiro atoms. The number of hydrogen-bond acceptors (Lipinski definition) is 3. The lowest BCUT2D eigenvalue weighted by Gasteiger charge is -2.31. The molecule has 2 heterocycles. The van der Waals surface area contributed by atoms with Crippen molar-refractivity contribution in [2.45, 2.75) is 45.1 Å². The second-order valence-corrected chi connectivity index (χ2v) is 5.84. The van der Waals surface area contributed by atoms with Gasteiger partial charge >= 0.3 is 0 Å². The van der Waals surface area contributed by atoms with Crippen molar-refractivity contribution in [3.63, 3.8) is 0 Å². The van der Waals surface area contributed by atoms with Crippen molar-refractivity contribution in [2.75, 3.05) is 32.7 Å². The van der Waals surface area contributed by atoms with Gasteiger partial charge in [0.1, 0.15) is 0 Å². The molecule has 18 heavy (non-hydrogen) atoms. The zero-order valence-corrected chi connectivity index (χ0v) is 11.6. The van der Waals surface area contributed by atoms with Gasteiger partial charge in [-0.2, -0.15) is 0 Å². The van der Waals surface area contributed by atoms with Crippen LogP contribution in [0.2, 0.25) is 0 Å². The fourth-order valence-electron chi connectivity index (χ4n) is 3.03. The Bertz CT molecular complexity index is 264. The van der Waals surface area contributed by atoms with E-state index in [1.807, 2.05) is 0 Å². The van der Waals surface area contributed by atoms with Crippen LogP contribution in [0.5, 0.6) is 0 Å². The molecule has 2 rings (SSSR count). The highest BCUT2D eigenvalue weighted by molar-refractivity contribution is 5.81. The molecule has 0 aromatic carbocycles. The predicted octanol–water partition coefficient (Wildman–Crippen LogP) is 0.977. The summed E-state index contributed by atoms with van der Waals surface area (Å²) in [5.41, 5.74) is 0. The summed E-state index contributed by atoms with van der Waals surface area (Å²) >= 11 is 0. The fraction of sp³-hybridized carbons (Fsp3) is 0.929. The van der Waals surface area contributed by atoms with Gasteiger partial charge in [0.15, 0.2) is 0 Å². The fourth-order valence-corrected chi connectivity index (χ4v) is 3.03. The first-order chi connectivity index (χ1) is 8.75. The van der Waals surface area contributed by atoms with Crippen LogP contribution in [0.3, 0.4) is 0 Å². The molecule has 0 radical (unpaired) electrons. The molecule has 0 aliphatic carbocycles. The van der Waals surface area contributed by atoms with Crippen LogP contribution in [-0.4, -0.2) is 49.6 Å². The van der Waals surface area contributed by atoms with Crippen LogP contribution in [0.4, 0.5) is 0 Å². The zero-order valence-electron chi connectivity index (χ0n) is 11.6. The maximum atomic E-state index is 11.9. The van der Waals surface area contributed by atoms with E-state index in [1.165, 1.54) is 38.8 Å². The third-order valence-electron chi connectivity index (χ3n) is 4.10. The van der Waals surface area contributed by atoms with E-state index < -0.39 is 0 Å². The Morgan fingerprint density at radius 2 is 2.22 bits per heavy atom. The molecule has 4 nitrogen and oxygen atoms in total. The van der Waals surface area contributed by atoms with Crippen LogP contribution in [0, 0.1) is 5.92 Å². The Morgan fingerprint density at radius 1 is 1.33 bits per heavy atom. The quantitative estimate of drug-likeness (QED) is 0.785. The van der Waals surface area contributed by atoms with Crippen molar-refractivity contribution in [2.24, 2.45) is 5.92 Å². The lowest BCUT2D eigenvalue weighted by molar-refractivity contribution is -0.123. The molecule has 2 aliphatic rings. The molecule has 0 saturated carbocycles. The number of carbonyl (C=O) groups excluding carboxylic acids is 1. The molecule has 0 aromatic rings. The third kappa shape index (κ3) is 4.25. The number of hydrogen-bond donors (Lipinski definition) is 2. The Balaban J connectivity index is 1.60. The van der Waals surface area contributed by atoms with Gasteiger partial charge in [-0.05, 0) is 44.7 Å². The number of piperidine rings is 2. The molecule has 1 unspecified atom stereocenters. The van der Waals surface area contributed by atoms with E-state index in [1.54, 1.807) is 0 Å². The highest BCUT2D eigenvalue weighted by atomic mass is 16.2. The summed E-state index contributed by atoms with van der Waals surface area (Å²) in [6.07, 6.45) is 6.03. The summed E-state index contributed by atoms with van der Waals surface area (Å²) in [6, 6.07) is 0.0547. The minimum atomic E-state index is 0.0547. The number of likely N-dealkylation sites (tertiary alicyclic amines) is 1. The van der Waals surface area contributed by atoms with Gasteiger partial charge in [0.2, 0.25) is 5.91 Å². The average molecular weight is 253 g/mol. The molecule has 2 N–H and O–H groups in total. The van der Waals surface area contributed by atoms with E-state index >= 15 is 0 Å².